The molecular formula is C15H12N2O4S. The summed E-state index contributed by atoms with van der Waals surface area (Å²) in [5, 5.41) is 19.1. The number of nitrogens with zero attached hydrogens (tertiary/aromatic N) is 2. The van der Waals surface area contributed by atoms with Gasteiger partial charge >= 0.3 is 5.97 Å². The first-order chi connectivity index (χ1) is 10.6. The Hall–Kier alpha value is -2.67. The normalized spacial score (nSPS) is 12.0. The van der Waals surface area contributed by atoms with Gasteiger partial charge in [0.15, 0.2) is 6.10 Å². The molecule has 112 valence electrons. The van der Waals surface area contributed by atoms with Crippen molar-refractivity contribution in [3.63, 3.8) is 0 Å². The van der Waals surface area contributed by atoms with E-state index >= 15 is 0 Å². The molecule has 7 heteroatoms. The predicted octanol–water partition coefficient (Wildman–Crippen LogP) is 3.42. The van der Waals surface area contributed by atoms with E-state index in [0.717, 1.165) is 4.88 Å². The molecule has 3 aromatic rings. The molecule has 0 spiro atoms. The van der Waals surface area contributed by atoms with Crippen LogP contribution in [0.4, 0.5) is 0 Å². The van der Waals surface area contributed by atoms with Crippen LogP contribution in [-0.4, -0.2) is 21.3 Å². The highest BCUT2D eigenvalue weighted by molar-refractivity contribution is 7.13. The van der Waals surface area contributed by atoms with Gasteiger partial charge in [-0.2, -0.15) is 0 Å². The summed E-state index contributed by atoms with van der Waals surface area (Å²) in [5.74, 6) is 0.0429. The predicted molar refractivity (Wildman–Crippen MR) is 79.5 cm³/mol. The fourth-order valence-corrected chi connectivity index (χ4v) is 2.45. The zero-order valence-corrected chi connectivity index (χ0v) is 12.4. The van der Waals surface area contributed by atoms with Crippen LogP contribution in [0, 0.1) is 0 Å². The number of phenols is 1. The second-order valence-corrected chi connectivity index (χ2v) is 5.47. The zero-order valence-electron chi connectivity index (χ0n) is 11.6. The van der Waals surface area contributed by atoms with Gasteiger partial charge in [-0.1, -0.05) is 12.1 Å². The van der Waals surface area contributed by atoms with Gasteiger partial charge in [-0.3, -0.25) is 0 Å². The van der Waals surface area contributed by atoms with E-state index in [9.17, 15) is 9.90 Å². The van der Waals surface area contributed by atoms with Gasteiger partial charge in [0.05, 0.1) is 10.4 Å². The van der Waals surface area contributed by atoms with E-state index in [0.29, 0.717) is 5.89 Å². The molecule has 6 nitrogen and oxygen atoms in total. The largest absolute Gasteiger partial charge is 0.508 e. The van der Waals surface area contributed by atoms with E-state index in [4.69, 9.17) is 9.15 Å². The standard InChI is InChI=1S/C15H12N2O4S/c1-9(20-15(19)10-4-2-5-11(18)8-10)13-16-17-14(21-13)12-6-3-7-22-12/h2-9,18H,1H3/t9-/m0/s1. The van der Waals surface area contributed by atoms with E-state index in [-0.39, 0.29) is 17.2 Å². The van der Waals surface area contributed by atoms with Crippen molar-refractivity contribution >= 4 is 17.3 Å². The highest BCUT2D eigenvalue weighted by atomic mass is 32.1. The molecule has 0 aliphatic heterocycles. The summed E-state index contributed by atoms with van der Waals surface area (Å²) in [6.45, 7) is 1.65. The summed E-state index contributed by atoms with van der Waals surface area (Å²) in [4.78, 5) is 12.8. The number of hydrogen-bond acceptors (Lipinski definition) is 7. The monoisotopic (exact) mass is 316 g/mol. The fraction of sp³-hybridized carbons (Fsp3) is 0.133. The maximum atomic E-state index is 12.0. The summed E-state index contributed by atoms with van der Waals surface area (Å²) in [5.41, 5.74) is 0.254. The highest BCUT2D eigenvalue weighted by Gasteiger charge is 2.20. The van der Waals surface area contributed by atoms with Crippen LogP contribution < -0.4 is 0 Å². The Balaban J connectivity index is 1.72. The topological polar surface area (TPSA) is 85.5 Å². The van der Waals surface area contributed by atoms with Crippen LogP contribution in [0.5, 0.6) is 5.75 Å². The third-order valence-corrected chi connectivity index (χ3v) is 3.74. The molecule has 2 aromatic heterocycles. The second-order valence-electron chi connectivity index (χ2n) is 4.52. The van der Waals surface area contributed by atoms with Gasteiger partial charge in [0, 0.05) is 0 Å². The summed E-state index contributed by atoms with van der Waals surface area (Å²) in [6, 6.07) is 9.68. The fourth-order valence-electron chi connectivity index (χ4n) is 1.81. The van der Waals surface area contributed by atoms with Crippen LogP contribution >= 0.6 is 11.3 Å². The number of esters is 1. The van der Waals surface area contributed by atoms with Crippen molar-refractivity contribution in [2.45, 2.75) is 13.0 Å². The van der Waals surface area contributed by atoms with Crippen LogP contribution in [0.1, 0.15) is 29.3 Å². The van der Waals surface area contributed by atoms with Crippen LogP contribution in [-0.2, 0) is 4.74 Å². The average molecular weight is 316 g/mol. The third-order valence-electron chi connectivity index (χ3n) is 2.89. The Labute approximate surface area is 130 Å². The van der Waals surface area contributed by atoms with Crippen molar-refractivity contribution in [2.24, 2.45) is 0 Å². The molecule has 22 heavy (non-hydrogen) atoms. The van der Waals surface area contributed by atoms with Crippen LogP contribution in [0.25, 0.3) is 10.8 Å². The molecule has 3 rings (SSSR count). The quantitative estimate of drug-likeness (QED) is 0.742. The SMILES string of the molecule is C[C@H](OC(=O)c1cccc(O)c1)c1nnc(-c2cccs2)o1. The molecule has 2 heterocycles. The van der Waals surface area contributed by atoms with Gasteiger partial charge in [0.25, 0.3) is 11.8 Å². The molecule has 0 aliphatic carbocycles. The molecule has 0 saturated carbocycles. The molecule has 0 saturated heterocycles. The van der Waals surface area contributed by atoms with Crippen molar-refractivity contribution in [2.75, 3.05) is 0 Å². The van der Waals surface area contributed by atoms with Crippen molar-refractivity contribution in [1.29, 1.82) is 0 Å². The van der Waals surface area contributed by atoms with Gasteiger partial charge < -0.3 is 14.3 Å². The van der Waals surface area contributed by atoms with Gasteiger partial charge in [-0.05, 0) is 36.6 Å². The number of aromatic hydroxyl groups is 1. The maximum absolute atomic E-state index is 12.0. The van der Waals surface area contributed by atoms with E-state index in [1.54, 1.807) is 19.1 Å². The van der Waals surface area contributed by atoms with Crippen molar-refractivity contribution in [3.05, 3.63) is 53.2 Å². The molecule has 0 fully saturated rings. The number of carbonyl (C=O) groups is 1. The lowest BCUT2D eigenvalue weighted by Gasteiger charge is -2.09. The minimum atomic E-state index is -0.684. The Morgan fingerprint density at radius 1 is 1.32 bits per heavy atom. The van der Waals surface area contributed by atoms with Crippen molar-refractivity contribution in [1.82, 2.24) is 10.2 Å². The molecule has 1 atom stereocenters. The summed E-state index contributed by atoms with van der Waals surface area (Å²) in [7, 11) is 0. The number of rotatable bonds is 4. The lowest BCUT2D eigenvalue weighted by atomic mass is 10.2. The number of benzene rings is 1. The minimum Gasteiger partial charge on any atom is -0.508 e. The molecule has 0 radical (unpaired) electrons. The number of thiophene rings is 1. The van der Waals surface area contributed by atoms with E-state index in [2.05, 4.69) is 10.2 Å². The summed E-state index contributed by atoms with van der Waals surface area (Å²) >= 11 is 1.48. The van der Waals surface area contributed by atoms with Gasteiger partial charge in [0.2, 0.25) is 0 Å². The summed E-state index contributed by atoms with van der Waals surface area (Å²) < 4.78 is 10.8. The van der Waals surface area contributed by atoms with Gasteiger partial charge in [0.1, 0.15) is 5.75 Å². The first-order valence-electron chi connectivity index (χ1n) is 6.51. The maximum Gasteiger partial charge on any atom is 0.339 e. The molecule has 0 bridgehead atoms. The molecule has 0 amide bonds. The molecule has 1 N–H and O–H groups in total. The lowest BCUT2D eigenvalue weighted by molar-refractivity contribution is 0.0279. The first-order valence-corrected chi connectivity index (χ1v) is 7.39. The zero-order chi connectivity index (χ0) is 15.5. The average Bonchev–Trinajstić information content (AvgIpc) is 3.18. The lowest BCUT2D eigenvalue weighted by Crippen LogP contribution is -2.09. The number of phenolic OH excluding ortho intramolecular Hbond substituents is 1. The minimum absolute atomic E-state index is 0.000116. The van der Waals surface area contributed by atoms with E-state index in [1.165, 1.54) is 23.5 Å². The molecule has 0 aliphatic rings. The smallest absolute Gasteiger partial charge is 0.339 e. The van der Waals surface area contributed by atoms with E-state index in [1.807, 2.05) is 17.5 Å². The van der Waals surface area contributed by atoms with Crippen LogP contribution in [0.2, 0.25) is 0 Å². The van der Waals surface area contributed by atoms with Gasteiger partial charge in [-0.25, -0.2) is 4.79 Å². The second kappa shape index (κ2) is 5.98. The third kappa shape index (κ3) is 2.99. The molecular weight excluding hydrogens is 304 g/mol. The van der Waals surface area contributed by atoms with Crippen LogP contribution in [0.15, 0.2) is 46.2 Å². The highest BCUT2D eigenvalue weighted by Crippen LogP contribution is 2.26. The molecule has 1 aromatic carbocycles. The number of carbonyl (C=O) groups excluding carboxylic acids is 1. The van der Waals surface area contributed by atoms with Gasteiger partial charge in [-0.15, -0.1) is 21.5 Å². The van der Waals surface area contributed by atoms with E-state index < -0.39 is 12.1 Å². The number of aromatic nitrogens is 2. The number of ether oxygens (including phenoxy) is 1. The van der Waals surface area contributed by atoms with Crippen molar-refractivity contribution in [3.8, 4) is 16.5 Å². The Morgan fingerprint density at radius 2 is 2.18 bits per heavy atom. The van der Waals surface area contributed by atoms with Crippen LogP contribution in [0.3, 0.4) is 0 Å². The first kappa shape index (κ1) is 14.3. The van der Waals surface area contributed by atoms with Crippen molar-refractivity contribution < 1.29 is 19.1 Å². The summed E-state index contributed by atoms with van der Waals surface area (Å²) in [6.07, 6.45) is -0.684. The Bertz CT molecular complexity index is 782. The molecule has 0 unspecified atom stereocenters. The Morgan fingerprint density at radius 3 is 2.91 bits per heavy atom. The Kier molecular flexibility index (Phi) is 3.88. The number of hydrogen-bond donors (Lipinski definition) is 1.